The molecule has 0 aromatic heterocycles. The summed E-state index contributed by atoms with van der Waals surface area (Å²) in [5.74, 6) is -3.40. The van der Waals surface area contributed by atoms with Crippen LogP contribution in [0.1, 0.15) is 41.3 Å². The Bertz CT molecular complexity index is 1460. The Hall–Kier alpha value is -4.80. The van der Waals surface area contributed by atoms with E-state index >= 15 is 0 Å². The molecule has 1 aliphatic heterocycles. The number of hydrogen-bond acceptors (Lipinski definition) is 5. The summed E-state index contributed by atoms with van der Waals surface area (Å²) < 4.78 is 38.8. The van der Waals surface area contributed by atoms with Crippen LogP contribution < -0.4 is 15.5 Å². The second kappa shape index (κ2) is 12.6. The summed E-state index contributed by atoms with van der Waals surface area (Å²) in [4.78, 5) is 57.4. The summed E-state index contributed by atoms with van der Waals surface area (Å²) in [7, 11) is 0. The lowest BCUT2D eigenvalue weighted by atomic mass is 10.00. The first kappa shape index (κ1) is 29.2. The molecule has 0 fully saturated rings. The number of rotatable bonds is 9. The van der Waals surface area contributed by atoms with Crippen LogP contribution in [-0.2, 0) is 14.4 Å². The molecular formula is C30H27F3N4O4. The average Bonchev–Trinajstić information content (AvgIpc) is 3.07. The molecule has 3 amide bonds. The van der Waals surface area contributed by atoms with E-state index in [-0.39, 0.29) is 18.5 Å². The smallest absolute Gasteiger partial charge is 0.338 e. The number of amides is 3. The molecule has 0 bridgehead atoms. The van der Waals surface area contributed by atoms with E-state index in [2.05, 4.69) is 15.6 Å². The van der Waals surface area contributed by atoms with E-state index in [0.717, 1.165) is 0 Å². The minimum absolute atomic E-state index is 0.140. The van der Waals surface area contributed by atoms with Crippen molar-refractivity contribution in [2.45, 2.75) is 38.1 Å². The van der Waals surface area contributed by atoms with E-state index in [4.69, 9.17) is 0 Å². The SMILES string of the molecule is C[C@H](NC(=O)C(=O)c1ccccc1)C(=O)NC1N=C(c2ccccc2)c2ccccc2N(CCCC(F)(F)F)C1=O. The van der Waals surface area contributed by atoms with Crippen molar-refractivity contribution >= 4 is 34.9 Å². The van der Waals surface area contributed by atoms with Crippen molar-refractivity contribution in [2.24, 2.45) is 4.99 Å². The van der Waals surface area contributed by atoms with E-state index in [1.165, 1.54) is 24.0 Å². The lowest BCUT2D eigenvalue weighted by Crippen LogP contribution is -2.53. The van der Waals surface area contributed by atoms with Gasteiger partial charge in [-0.05, 0) is 19.4 Å². The van der Waals surface area contributed by atoms with Crippen LogP contribution in [0.2, 0.25) is 0 Å². The molecule has 4 rings (SSSR count). The standard InChI is InChI=1S/C30H27F3N4O4/c1-19(34-28(40)25(38)21-13-6-3-7-14-21)27(39)36-26-29(41)37(18-10-17-30(31,32)33)23-16-9-8-15-22(23)24(35-26)20-11-4-2-5-12-20/h2-9,11-16,19,26H,10,17-18H2,1H3,(H,34,40)(H,36,39)/t19-,26?/m0/s1. The molecule has 3 aromatic carbocycles. The van der Waals surface area contributed by atoms with Crippen LogP contribution in [0, 0.1) is 0 Å². The van der Waals surface area contributed by atoms with Gasteiger partial charge in [-0.1, -0.05) is 78.9 Å². The summed E-state index contributed by atoms with van der Waals surface area (Å²) in [6.45, 7) is 1.07. The van der Waals surface area contributed by atoms with Gasteiger partial charge in [0.1, 0.15) is 6.04 Å². The highest BCUT2D eigenvalue weighted by atomic mass is 19.4. The van der Waals surface area contributed by atoms with Gasteiger partial charge in [0.15, 0.2) is 0 Å². The van der Waals surface area contributed by atoms with Crippen LogP contribution in [-0.4, -0.2) is 54.1 Å². The number of aliphatic imine (C=N–C) groups is 1. The topological polar surface area (TPSA) is 108 Å². The van der Waals surface area contributed by atoms with Crippen molar-refractivity contribution in [2.75, 3.05) is 11.4 Å². The molecule has 0 spiro atoms. The van der Waals surface area contributed by atoms with E-state index in [9.17, 15) is 32.3 Å². The molecule has 212 valence electrons. The summed E-state index contributed by atoms with van der Waals surface area (Å²) in [5, 5.41) is 4.82. The lowest BCUT2D eigenvalue weighted by molar-refractivity contribution is -0.135. The van der Waals surface area contributed by atoms with Crippen LogP contribution in [0.4, 0.5) is 18.9 Å². The Morgan fingerprint density at radius 3 is 2.20 bits per heavy atom. The van der Waals surface area contributed by atoms with Gasteiger partial charge in [-0.25, -0.2) is 4.99 Å². The molecule has 8 nitrogen and oxygen atoms in total. The number of fused-ring (bicyclic) bond motifs is 1. The third-order valence-electron chi connectivity index (χ3n) is 6.36. The van der Waals surface area contributed by atoms with Crippen molar-refractivity contribution in [1.29, 1.82) is 0 Å². The fraction of sp³-hybridized carbons (Fsp3) is 0.233. The van der Waals surface area contributed by atoms with Gasteiger partial charge in [0, 0.05) is 29.7 Å². The number of para-hydroxylation sites is 1. The number of carbonyl (C=O) groups excluding carboxylic acids is 4. The third-order valence-corrected chi connectivity index (χ3v) is 6.36. The molecule has 0 aliphatic carbocycles. The number of benzodiazepines with no additional fused rings is 1. The fourth-order valence-electron chi connectivity index (χ4n) is 4.33. The summed E-state index contributed by atoms with van der Waals surface area (Å²) >= 11 is 0. The molecule has 41 heavy (non-hydrogen) atoms. The van der Waals surface area contributed by atoms with Gasteiger partial charge >= 0.3 is 6.18 Å². The number of nitrogens with one attached hydrogen (secondary N) is 2. The molecule has 0 saturated carbocycles. The van der Waals surface area contributed by atoms with Gasteiger partial charge < -0.3 is 15.5 Å². The van der Waals surface area contributed by atoms with Gasteiger partial charge in [-0.2, -0.15) is 13.2 Å². The van der Waals surface area contributed by atoms with Crippen molar-refractivity contribution in [3.8, 4) is 0 Å². The summed E-state index contributed by atoms with van der Waals surface area (Å²) in [6, 6.07) is 22.1. The molecule has 0 radical (unpaired) electrons. The van der Waals surface area contributed by atoms with E-state index in [1.54, 1.807) is 72.8 Å². The minimum atomic E-state index is -4.40. The number of halogens is 3. The quantitative estimate of drug-likeness (QED) is 0.302. The van der Waals surface area contributed by atoms with Gasteiger partial charge in [0.05, 0.1) is 11.4 Å². The molecular weight excluding hydrogens is 537 g/mol. The van der Waals surface area contributed by atoms with Gasteiger partial charge in [-0.3, -0.25) is 19.2 Å². The molecule has 0 saturated heterocycles. The predicted octanol–water partition coefficient (Wildman–Crippen LogP) is 4.04. The second-order valence-corrected chi connectivity index (χ2v) is 9.37. The third kappa shape index (κ3) is 7.24. The number of benzene rings is 3. The molecule has 2 atom stereocenters. The Morgan fingerprint density at radius 2 is 1.54 bits per heavy atom. The number of ketones is 1. The summed E-state index contributed by atoms with van der Waals surface area (Å²) in [6.07, 6.45) is -7.38. The van der Waals surface area contributed by atoms with E-state index < -0.39 is 48.3 Å². The van der Waals surface area contributed by atoms with Crippen molar-refractivity contribution in [3.63, 3.8) is 0 Å². The Kier molecular flexibility index (Phi) is 8.96. The number of carbonyl (C=O) groups is 4. The fourth-order valence-corrected chi connectivity index (χ4v) is 4.33. The molecule has 11 heteroatoms. The van der Waals surface area contributed by atoms with E-state index in [0.29, 0.717) is 22.5 Å². The first-order chi connectivity index (χ1) is 19.5. The lowest BCUT2D eigenvalue weighted by Gasteiger charge is -2.26. The maximum absolute atomic E-state index is 13.7. The normalized spacial score (nSPS) is 15.7. The van der Waals surface area contributed by atoms with Crippen molar-refractivity contribution < 1.29 is 32.3 Å². The highest BCUT2D eigenvalue weighted by Crippen LogP contribution is 2.30. The van der Waals surface area contributed by atoms with Crippen LogP contribution >= 0.6 is 0 Å². The Balaban J connectivity index is 1.61. The first-order valence-electron chi connectivity index (χ1n) is 12.9. The second-order valence-electron chi connectivity index (χ2n) is 9.37. The van der Waals surface area contributed by atoms with Crippen LogP contribution in [0.5, 0.6) is 0 Å². The zero-order chi connectivity index (χ0) is 29.6. The molecule has 1 heterocycles. The van der Waals surface area contributed by atoms with Crippen LogP contribution in [0.25, 0.3) is 0 Å². The summed E-state index contributed by atoms with van der Waals surface area (Å²) in [5.41, 5.74) is 1.98. The maximum Gasteiger partial charge on any atom is 0.389 e. The largest absolute Gasteiger partial charge is 0.389 e. The number of Topliss-reactive ketones (excluding diaryl/α,β-unsaturated/α-hetero) is 1. The monoisotopic (exact) mass is 564 g/mol. The van der Waals surface area contributed by atoms with Gasteiger partial charge in [0.25, 0.3) is 11.8 Å². The minimum Gasteiger partial charge on any atom is -0.338 e. The molecule has 2 N–H and O–H groups in total. The molecule has 3 aromatic rings. The molecule has 1 unspecified atom stereocenters. The highest BCUT2D eigenvalue weighted by Gasteiger charge is 2.35. The van der Waals surface area contributed by atoms with Crippen LogP contribution in [0.15, 0.2) is 89.9 Å². The maximum atomic E-state index is 13.7. The predicted molar refractivity (Wildman–Crippen MR) is 146 cm³/mol. The highest BCUT2D eigenvalue weighted by molar-refractivity contribution is 6.43. The number of anilines is 1. The average molecular weight is 565 g/mol. The van der Waals surface area contributed by atoms with Crippen molar-refractivity contribution in [1.82, 2.24) is 10.6 Å². The van der Waals surface area contributed by atoms with Crippen molar-refractivity contribution in [3.05, 3.63) is 102 Å². The zero-order valence-corrected chi connectivity index (χ0v) is 22.0. The van der Waals surface area contributed by atoms with Gasteiger partial charge in [0.2, 0.25) is 17.9 Å². The zero-order valence-electron chi connectivity index (χ0n) is 22.0. The first-order valence-corrected chi connectivity index (χ1v) is 12.9. The number of nitrogens with zero attached hydrogens (tertiary/aromatic N) is 2. The van der Waals surface area contributed by atoms with Gasteiger partial charge in [-0.15, -0.1) is 0 Å². The number of hydrogen-bond donors (Lipinski definition) is 2. The Morgan fingerprint density at radius 1 is 0.927 bits per heavy atom. The number of alkyl halides is 3. The van der Waals surface area contributed by atoms with E-state index in [1.807, 2.05) is 0 Å². The Labute approximate surface area is 234 Å². The van der Waals surface area contributed by atoms with Crippen LogP contribution in [0.3, 0.4) is 0 Å². The molecule has 1 aliphatic rings.